The van der Waals surface area contributed by atoms with Crippen molar-refractivity contribution in [2.45, 2.75) is 46.3 Å². The van der Waals surface area contributed by atoms with Crippen molar-refractivity contribution in [3.05, 3.63) is 46.3 Å². The van der Waals surface area contributed by atoms with Gasteiger partial charge in [-0.25, -0.2) is 0 Å². The molecule has 0 spiro atoms. The molecule has 0 fully saturated rings. The summed E-state index contributed by atoms with van der Waals surface area (Å²) in [6, 6.07) is 7.45. The van der Waals surface area contributed by atoms with Gasteiger partial charge in [-0.05, 0) is 25.5 Å². The number of nitrogens with one attached hydrogen (secondary N) is 2. The Morgan fingerprint density at radius 2 is 2.04 bits per heavy atom. The maximum Gasteiger partial charge on any atom is 0.191 e. The van der Waals surface area contributed by atoms with Crippen LogP contribution in [-0.2, 0) is 19.4 Å². The molecule has 1 aromatic carbocycles. The van der Waals surface area contributed by atoms with E-state index in [0.717, 1.165) is 29.9 Å². The number of aryl methyl sites for hydroxylation is 2. The van der Waals surface area contributed by atoms with Crippen molar-refractivity contribution >= 4 is 17.6 Å². The van der Waals surface area contributed by atoms with E-state index < -0.39 is 0 Å². The minimum atomic E-state index is -0.0681. The molecule has 7 heteroatoms. The molecule has 2 rings (SSSR count). The maximum absolute atomic E-state index is 6.13. The molecular weight excluding hydrogens is 352 g/mol. The SMILES string of the molecule is CCc1noc(CC)c1CNC(=NC)NCC(C)Oc1ccccc1Cl. The summed E-state index contributed by atoms with van der Waals surface area (Å²) in [4.78, 5) is 4.26. The minimum Gasteiger partial charge on any atom is -0.487 e. The zero-order valence-corrected chi connectivity index (χ0v) is 16.6. The van der Waals surface area contributed by atoms with Gasteiger partial charge in [0.2, 0.25) is 0 Å². The lowest BCUT2D eigenvalue weighted by molar-refractivity contribution is 0.224. The average molecular weight is 379 g/mol. The van der Waals surface area contributed by atoms with Crippen LogP contribution in [0.2, 0.25) is 5.02 Å². The second-order valence-corrected chi connectivity index (χ2v) is 6.31. The summed E-state index contributed by atoms with van der Waals surface area (Å²) in [5.74, 6) is 2.29. The summed E-state index contributed by atoms with van der Waals surface area (Å²) in [5.41, 5.74) is 2.10. The Bertz CT molecular complexity index is 709. The highest BCUT2D eigenvalue weighted by molar-refractivity contribution is 6.32. The van der Waals surface area contributed by atoms with Gasteiger partial charge in [-0.3, -0.25) is 4.99 Å². The number of nitrogens with zero attached hydrogens (tertiary/aromatic N) is 2. The number of aromatic nitrogens is 1. The molecule has 2 N–H and O–H groups in total. The van der Waals surface area contributed by atoms with E-state index in [1.165, 1.54) is 0 Å². The molecule has 1 aromatic heterocycles. The lowest BCUT2D eigenvalue weighted by atomic mass is 10.1. The van der Waals surface area contributed by atoms with Gasteiger partial charge in [0, 0.05) is 25.6 Å². The van der Waals surface area contributed by atoms with Crippen LogP contribution in [0.4, 0.5) is 0 Å². The predicted octanol–water partition coefficient (Wildman–Crippen LogP) is 3.59. The predicted molar refractivity (Wildman–Crippen MR) is 105 cm³/mol. The molecule has 0 aliphatic rings. The van der Waals surface area contributed by atoms with Crippen molar-refractivity contribution < 1.29 is 9.26 Å². The molecule has 1 heterocycles. The smallest absolute Gasteiger partial charge is 0.191 e. The monoisotopic (exact) mass is 378 g/mol. The summed E-state index contributed by atoms with van der Waals surface area (Å²) < 4.78 is 11.3. The van der Waals surface area contributed by atoms with Gasteiger partial charge in [0.25, 0.3) is 0 Å². The van der Waals surface area contributed by atoms with Crippen LogP contribution < -0.4 is 15.4 Å². The van der Waals surface area contributed by atoms with Crippen molar-refractivity contribution in [3.63, 3.8) is 0 Å². The van der Waals surface area contributed by atoms with Crippen molar-refractivity contribution in [2.24, 2.45) is 4.99 Å². The molecule has 0 amide bonds. The van der Waals surface area contributed by atoms with Crippen LogP contribution in [0, 0.1) is 0 Å². The number of aliphatic imine (C=N–C) groups is 1. The van der Waals surface area contributed by atoms with Crippen LogP contribution >= 0.6 is 11.6 Å². The molecule has 0 saturated heterocycles. The first-order valence-electron chi connectivity index (χ1n) is 8.90. The highest BCUT2D eigenvalue weighted by atomic mass is 35.5. The van der Waals surface area contributed by atoms with Gasteiger partial charge in [0.15, 0.2) is 5.96 Å². The van der Waals surface area contributed by atoms with Gasteiger partial charge in [0.1, 0.15) is 17.6 Å². The molecule has 0 bridgehead atoms. The van der Waals surface area contributed by atoms with Gasteiger partial charge in [-0.1, -0.05) is 42.7 Å². The van der Waals surface area contributed by atoms with E-state index in [1.54, 1.807) is 7.05 Å². The van der Waals surface area contributed by atoms with E-state index in [2.05, 4.69) is 34.6 Å². The van der Waals surface area contributed by atoms with Gasteiger partial charge in [0.05, 0.1) is 17.3 Å². The van der Waals surface area contributed by atoms with Gasteiger partial charge < -0.3 is 19.9 Å². The fourth-order valence-corrected chi connectivity index (χ4v) is 2.75. The van der Waals surface area contributed by atoms with Crippen molar-refractivity contribution in [2.75, 3.05) is 13.6 Å². The van der Waals surface area contributed by atoms with E-state index in [9.17, 15) is 0 Å². The van der Waals surface area contributed by atoms with E-state index >= 15 is 0 Å². The summed E-state index contributed by atoms with van der Waals surface area (Å²) in [7, 11) is 1.74. The number of hydrogen-bond donors (Lipinski definition) is 2. The standard InChI is InChI=1S/C19H27ClN4O2/c1-5-16-14(17(6-2)26-24-16)12-23-19(21-4)22-11-13(3)25-18-10-8-7-9-15(18)20/h7-10,13H,5-6,11-12H2,1-4H3,(H2,21,22,23). The zero-order chi connectivity index (χ0) is 18.9. The fourth-order valence-electron chi connectivity index (χ4n) is 2.57. The normalized spacial score (nSPS) is 12.7. The quantitative estimate of drug-likeness (QED) is 0.542. The van der Waals surface area contributed by atoms with E-state index in [1.807, 2.05) is 31.2 Å². The number of halogens is 1. The number of guanidine groups is 1. The number of ether oxygens (including phenoxy) is 1. The van der Waals surface area contributed by atoms with Gasteiger partial charge in [-0.2, -0.15) is 0 Å². The highest BCUT2D eigenvalue weighted by Crippen LogP contribution is 2.24. The van der Waals surface area contributed by atoms with Crippen LogP contribution in [0.3, 0.4) is 0 Å². The molecule has 142 valence electrons. The van der Waals surface area contributed by atoms with Gasteiger partial charge in [-0.15, -0.1) is 0 Å². The molecule has 1 unspecified atom stereocenters. The molecule has 1 atom stereocenters. The molecular formula is C19H27ClN4O2. The lowest BCUT2D eigenvalue weighted by Crippen LogP contribution is -2.41. The number of rotatable bonds is 8. The second-order valence-electron chi connectivity index (χ2n) is 5.90. The first-order valence-corrected chi connectivity index (χ1v) is 9.28. The largest absolute Gasteiger partial charge is 0.487 e. The Hall–Kier alpha value is -2.21. The third-order valence-electron chi connectivity index (χ3n) is 3.98. The molecule has 0 aliphatic heterocycles. The van der Waals surface area contributed by atoms with Crippen LogP contribution in [0.1, 0.15) is 37.8 Å². The Kier molecular flexibility index (Phi) is 7.78. The molecule has 0 saturated carbocycles. The van der Waals surface area contributed by atoms with Crippen LogP contribution in [0.15, 0.2) is 33.8 Å². The number of hydrogen-bond acceptors (Lipinski definition) is 4. The van der Waals surface area contributed by atoms with E-state index in [0.29, 0.717) is 29.8 Å². The van der Waals surface area contributed by atoms with Crippen LogP contribution in [-0.4, -0.2) is 30.8 Å². The second kappa shape index (κ2) is 10.1. The summed E-state index contributed by atoms with van der Waals surface area (Å²) in [6.07, 6.45) is 1.59. The molecule has 0 aliphatic carbocycles. The summed E-state index contributed by atoms with van der Waals surface area (Å²) in [5, 5.41) is 11.3. The average Bonchev–Trinajstić information content (AvgIpc) is 3.05. The molecule has 6 nitrogen and oxygen atoms in total. The Balaban J connectivity index is 1.86. The summed E-state index contributed by atoms with van der Waals surface area (Å²) >= 11 is 6.13. The third kappa shape index (κ3) is 5.39. The first-order chi connectivity index (χ1) is 12.6. The number of benzene rings is 1. The van der Waals surface area contributed by atoms with Crippen LogP contribution in [0.5, 0.6) is 5.75 Å². The van der Waals surface area contributed by atoms with Gasteiger partial charge >= 0.3 is 0 Å². The van der Waals surface area contributed by atoms with Crippen molar-refractivity contribution in [1.29, 1.82) is 0 Å². The topological polar surface area (TPSA) is 71.7 Å². The minimum absolute atomic E-state index is 0.0681. The van der Waals surface area contributed by atoms with E-state index in [-0.39, 0.29) is 6.10 Å². The number of para-hydroxylation sites is 1. The molecule has 0 radical (unpaired) electrons. The highest BCUT2D eigenvalue weighted by Gasteiger charge is 2.14. The fraction of sp³-hybridized carbons (Fsp3) is 0.474. The Morgan fingerprint density at radius 1 is 1.27 bits per heavy atom. The lowest BCUT2D eigenvalue weighted by Gasteiger charge is -2.18. The zero-order valence-electron chi connectivity index (χ0n) is 15.8. The maximum atomic E-state index is 6.13. The van der Waals surface area contributed by atoms with Crippen molar-refractivity contribution in [3.8, 4) is 5.75 Å². The molecule has 26 heavy (non-hydrogen) atoms. The summed E-state index contributed by atoms with van der Waals surface area (Å²) in [6.45, 7) is 7.32. The van der Waals surface area contributed by atoms with Crippen LogP contribution in [0.25, 0.3) is 0 Å². The first kappa shape index (κ1) is 20.1. The third-order valence-corrected chi connectivity index (χ3v) is 4.30. The Morgan fingerprint density at radius 3 is 2.69 bits per heavy atom. The Labute approximate surface area is 160 Å². The van der Waals surface area contributed by atoms with Crippen molar-refractivity contribution in [1.82, 2.24) is 15.8 Å². The van der Waals surface area contributed by atoms with E-state index in [4.69, 9.17) is 20.9 Å². The molecule has 2 aromatic rings.